The first-order valence-corrected chi connectivity index (χ1v) is 27.2. The van der Waals surface area contributed by atoms with E-state index in [4.69, 9.17) is 28.8 Å². The summed E-state index contributed by atoms with van der Waals surface area (Å²) in [6.07, 6.45) is 11.9. The zero-order valence-corrected chi connectivity index (χ0v) is 44.0. The lowest BCUT2D eigenvalue weighted by molar-refractivity contribution is -0.918. The number of alkyl halides is 3. The molecule has 12 nitrogen and oxygen atoms in total. The van der Waals surface area contributed by atoms with E-state index in [0.29, 0.717) is 23.6 Å². The summed E-state index contributed by atoms with van der Waals surface area (Å²) < 4.78 is 58.1. The highest BCUT2D eigenvalue weighted by Gasteiger charge is 2.82. The lowest BCUT2D eigenvalue weighted by Gasteiger charge is -2.72. The number of likely N-dealkylation sites (N-methyl/N-ethyl adjacent to an activating group) is 1. The summed E-state index contributed by atoms with van der Waals surface area (Å²) >= 11 is 0. The van der Waals surface area contributed by atoms with Crippen molar-refractivity contribution < 1.29 is 67.3 Å². The zero-order chi connectivity index (χ0) is 52.0. The molecule has 8 fully saturated rings. The fourth-order valence-electron chi connectivity index (χ4n) is 18.2. The van der Waals surface area contributed by atoms with Crippen LogP contribution in [0.3, 0.4) is 0 Å². The fraction of sp³-hybridized carbons (Fsp3) is 0.772. The van der Waals surface area contributed by atoms with Crippen LogP contribution in [0.1, 0.15) is 154 Å². The van der Waals surface area contributed by atoms with Crippen LogP contribution in [0.5, 0.6) is 23.0 Å². The van der Waals surface area contributed by atoms with E-state index in [0.717, 1.165) is 95.4 Å². The van der Waals surface area contributed by atoms with Gasteiger partial charge in [0.2, 0.25) is 0 Å². The maximum absolute atomic E-state index is 11.5. The maximum Gasteiger partial charge on any atom is 0.430 e. The topological polar surface area (TPSA) is 174 Å². The molecule has 2 aromatic carbocycles. The largest absolute Gasteiger partial charge is 0.542 e. The lowest BCUT2D eigenvalue weighted by atomic mass is 9.34. The van der Waals surface area contributed by atoms with Crippen molar-refractivity contribution in [1.82, 2.24) is 5.32 Å². The summed E-state index contributed by atoms with van der Waals surface area (Å²) in [5.74, 6) is 0.545. The van der Waals surface area contributed by atoms with Crippen LogP contribution in [0.2, 0.25) is 0 Å². The highest BCUT2D eigenvalue weighted by atomic mass is 19.4. The SMILES string of the molecule is CCC[C@]12c3c4ccc(O)c3OC1[C@@]1(OC)CC[C@@]2(C[C@@H]1C(C)(C)O)C(NCC1CC1)C4.CCC[C@]12c3c4ccc(O)c3OC1[C@@]1(OC)CC[C@@]2(C[C@@H]1C(C)(C)O)C([NH+](C)CC1CC1)C4.O=C([O-])C(F)(F)F. The van der Waals surface area contributed by atoms with E-state index in [2.05, 4.69) is 38.3 Å². The third-order valence-electron chi connectivity index (χ3n) is 21.0. The molecule has 2 spiro atoms. The van der Waals surface area contributed by atoms with Gasteiger partial charge in [-0.25, -0.2) is 0 Å². The molecule has 0 amide bonds. The lowest BCUT2D eigenvalue weighted by Crippen LogP contribution is -3.16. The van der Waals surface area contributed by atoms with Gasteiger partial charge in [0, 0.05) is 71.8 Å². The van der Waals surface area contributed by atoms with Gasteiger partial charge in [-0.2, -0.15) is 13.2 Å². The molecule has 0 saturated heterocycles. The van der Waals surface area contributed by atoms with Crippen LogP contribution in [0, 0.1) is 34.5 Å². The van der Waals surface area contributed by atoms with E-state index >= 15 is 0 Å². The molecule has 0 radical (unpaired) electrons. The summed E-state index contributed by atoms with van der Waals surface area (Å²) in [5, 5.41) is 57.5. The van der Waals surface area contributed by atoms with Crippen molar-refractivity contribution in [3.05, 3.63) is 46.5 Å². The van der Waals surface area contributed by atoms with Gasteiger partial charge in [0.25, 0.3) is 0 Å². The van der Waals surface area contributed by atoms with Crippen molar-refractivity contribution in [2.45, 2.75) is 208 Å². The predicted molar refractivity (Wildman–Crippen MR) is 261 cm³/mol. The number of aliphatic hydroxyl groups is 2. The molecule has 2 aromatic rings. The Kier molecular flexibility index (Phi) is 12.6. The maximum atomic E-state index is 11.5. The Balaban J connectivity index is 0.000000147. The van der Waals surface area contributed by atoms with E-state index < -0.39 is 34.5 Å². The van der Waals surface area contributed by atoms with Crippen molar-refractivity contribution in [3.8, 4) is 23.0 Å². The number of ether oxygens (including phenoxy) is 4. The number of hydrogen-bond acceptors (Lipinski definition) is 11. The third kappa shape index (κ3) is 7.21. The number of halogens is 3. The number of hydrogen-bond donors (Lipinski definition) is 6. The molecule has 12 aliphatic rings. The number of quaternary nitrogens is 1. The van der Waals surface area contributed by atoms with Crippen LogP contribution in [-0.2, 0) is 37.9 Å². The standard InChI is InChI=1S/C28H41NO4.C27H39NO4.C2HF3O2/c1-6-11-27-22-18-9-10-19(30)23(22)33-24(27)28(32-5)13-12-26(27,15-20(28)25(2,3)31)21(14-18)29(4)16-17-7-8-17;1-5-10-26-21-17-8-9-18(29)22(21)32-23(26)27(31-4)12-11-25(26,14-19(27)24(2,3)30)20(13-17)28-15-16-6-7-16;3-2(4,5)1(6)7/h9-10,17,20-21,24,30-31H,6-8,11-16H2,1-5H3;8-9,16,19-20,23,28-30H,5-7,10-15H2,1-4H3;(H,6,7)/t20-,21?,24?,26-,27+,28-;19-,20?,23?,25-,26+,27-;/m11./s1. The number of phenols is 2. The average molecular weight is 1010 g/mol. The minimum Gasteiger partial charge on any atom is -0.542 e. The van der Waals surface area contributed by atoms with Crippen LogP contribution in [0.15, 0.2) is 24.3 Å². The first-order valence-electron chi connectivity index (χ1n) is 27.2. The number of aliphatic carboxylic acids is 1. The minimum atomic E-state index is -5.19. The van der Waals surface area contributed by atoms with Gasteiger partial charge in [0.1, 0.15) is 29.4 Å². The Morgan fingerprint density at radius 1 is 0.750 bits per heavy atom. The number of methoxy groups -OCH3 is 2. The van der Waals surface area contributed by atoms with Crippen molar-refractivity contribution in [1.29, 1.82) is 0 Å². The number of rotatable bonds is 14. The number of fused-ring (bicyclic) bond motifs is 4. The van der Waals surface area contributed by atoms with Gasteiger partial charge in [0.05, 0.1) is 36.3 Å². The molecule has 13 atom stereocenters. The highest BCUT2D eigenvalue weighted by Crippen LogP contribution is 2.78. The Labute approximate surface area is 423 Å². The molecular formula is C57H81F3N2O10. The Bertz CT molecular complexity index is 2430. The molecular weight excluding hydrogens is 930 g/mol. The number of carboxylic acid groups (broad SMARTS) is 1. The van der Waals surface area contributed by atoms with E-state index in [1.54, 1.807) is 12.0 Å². The van der Waals surface area contributed by atoms with Gasteiger partial charge >= 0.3 is 6.18 Å². The van der Waals surface area contributed by atoms with Gasteiger partial charge < -0.3 is 59.5 Å². The second-order valence-electron chi connectivity index (χ2n) is 25.4. The smallest absolute Gasteiger partial charge is 0.430 e. The summed E-state index contributed by atoms with van der Waals surface area (Å²) in [6, 6.07) is 8.78. The number of nitrogens with one attached hydrogen (secondary N) is 2. The molecule has 2 heterocycles. The van der Waals surface area contributed by atoms with Crippen molar-refractivity contribution in [2.75, 3.05) is 34.4 Å². The molecule has 8 saturated carbocycles. The first-order chi connectivity index (χ1) is 33.8. The molecule has 2 aliphatic heterocycles. The monoisotopic (exact) mass is 1010 g/mol. The molecule has 14 rings (SSSR count). The quantitative estimate of drug-likeness (QED) is 0.124. The Morgan fingerprint density at radius 3 is 1.62 bits per heavy atom. The normalized spacial score (nSPS) is 38.6. The van der Waals surface area contributed by atoms with Gasteiger partial charge in [-0.1, -0.05) is 38.8 Å². The number of phenolic OH excluding ortho intramolecular Hbond substituents is 2. The van der Waals surface area contributed by atoms with Crippen LogP contribution < -0.4 is 24.8 Å². The number of carbonyl (C=O) groups excluding carboxylic acids is 1. The second-order valence-corrected chi connectivity index (χ2v) is 25.4. The Morgan fingerprint density at radius 2 is 1.19 bits per heavy atom. The number of carboxylic acids is 1. The van der Waals surface area contributed by atoms with Crippen LogP contribution in [-0.4, -0.2) is 114 Å². The van der Waals surface area contributed by atoms with E-state index in [-0.39, 0.29) is 57.2 Å². The van der Waals surface area contributed by atoms with Crippen LogP contribution >= 0.6 is 0 Å². The summed E-state index contributed by atoms with van der Waals surface area (Å²) in [7, 11) is 6.03. The molecule has 4 bridgehead atoms. The number of carbonyl (C=O) groups is 1. The van der Waals surface area contributed by atoms with Gasteiger partial charge in [0.15, 0.2) is 23.0 Å². The summed E-state index contributed by atoms with van der Waals surface area (Å²) in [6.45, 7) is 14.7. The van der Waals surface area contributed by atoms with Crippen molar-refractivity contribution in [2.24, 2.45) is 34.5 Å². The minimum absolute atomic E-state index is 0.00652. The van der Waals surface area contributed by atoms with Crippen LogP contribution in [0.4, 0.5) is 13.2 Å². The number of benzene rings is 2. The molecule has 400 valence electrons. The Hall–Kier alpha value is -3.34. The van der Waals surface area contributed by atoms with E-state index in [9.17, 15) is 33.6 Å². The highest BCUT2D eigenvalue weighted by molar-refractivity contribution is 5.70. The predicted octanol–water partition coefficient (Wildman–Crippen LogP) is 6.37. The molecule has 72 heavy (non-hydrogen) atoms. The second kappa shape index (κ2) is 17.3. The van der Waals surface area contributed by atoms with E-state index in [1.165, 1.54) is 54.5 Å². The molecule has 6 N–H and O–H groups in total. The summed E-state index contributed by atoms with van der Waals surface area (Å²) in [4.78, 5) is 10.4. The average Bonchev–Trinajstić information content (AvgIpc) is 4.26. The third-order valence-corrected chi connectivity index (χ3v) is 21.0. The molecule has 10 aliphatic carbocycles. The zero-order valence-electron chi connectivity index (χ0n) is 44.0. The van der Waals surface area contributed by atoms with Gasteiger partial charge in [-0.3, -0.25) is 0 Å². The molecule has 0 aromatic heterocycles. The van der Waals surface area contributed by atoms with Gasteiger partial charge in [-0.05, 0) is 147 Å². The van der Waals surface area contributed by atoms with Gasteiger partial charge in [-0.15, -0.1) is 0 Å². The molecule has 15 heteroatoms. The van der Waals surface area contributed by atoms with E-state index in [1.807, 2.05) is 46.9 Å². The first kappa shape index (κ1) is 52.1. The van der Waals surface area contributed by atoms with Crippen LogP contribution in [0.25, 0.3) is 0 Å². The fourth-order valence-corrected chi connectivity index (χ4v) is 18.2. The molecule has 5 unspecified atom stereocenters. The number of aromatic hydroxyl groups is 2. The van der Waals surface area contributed by atoms with Crippen molar-refractivity contribution >= 4 is 5.97 Å². The summed E-state index contributed by atoms with van der Waals surface area (Å²) in [5.41, 5.74) is 2.03. The van der Waals surface area contributed by atoms with Crippen molar-refractivity contribution in [3.63, 3.8) is 0 Å².